The van der Waals surface area contributed by atoms with Crippen LogP contribution in [0.3, 0.4) is 0 Å². The highest BCUT2D eigenvalue weighted by Crippen LogP contribution is 2.35. The Morgan fingerprint density at radius 2 is 0.970 bits per heavy atom. The molecule has 0 atom stereocenters. The van der Waals surface area contributed by atoms with Gasteiger partial charge in [-0.3, -0.25) is 0 Å². The Morgan fingerprint density at radius 1 is 0.394 bits per heavy atom. The molecule has 0 aliphatic carbocycles. The summed E-state index contributed by atoms with van der Waals surface area (Å²) in [6, 6.07) is 46.1. The van der Waals surface area contributed by atoms with Crippen LogP contribution in [0.4, 0.5) is 0 Å². The first-order chi connectivity index (χ1) is 16.4. The van der Waals surface area contributed by atoms with Gasteiger partial charge < -0.3 is 4.57 Å². The van der Waals surface area contributed by atoms with Crippen molar-refractivity contribution in [3.63, 3.8) is 0 Å². The predicted octanol–water partition coefficient (Wildman–Crippen LogP) is 8.76. The molecule has 1 heteroatoms. The van der Waals surface area contributed by atoms with Crippen LogP contribution in [0.2, 0.25) is 0 Å². The molecule has 0 unspecified atom stereocenters. The van der Waals surface area contributed by atoms with Crippen molar-refractivity contribution in [3.8, 4) is 16.8 Å². The van der Waals surface area contributed by atoms with Gasteiger partial charge in [0.1, 0.15) is 0 Å². The zero-order valence-corrected chi connectivity index (χ0v) is 18.1. The lowest BCUT2D eigenvalue weighted by Gasteiger charge is -2.11. The molecule has 0 saturated carbocycles. The number of hydrogen-bond donors (Lipinski definition) is 0. The highest BCUT2D eigenvalue weighted by Gasteiger charge is 2.12. The molecule has 0 saturated heterocycles. The minimum atomic E-state index is 1.18. The molecule has 154 valence electrons. The summed E-state index contributed by atoms with van der Waals surface area (Å²) in [6.45, 7) is 0. The number of para-hydroxylation sites is 2. The van der Waals surface area contributed by atoms with Crippen LogP contribution in [-0.2, 0) is 0 Å². The first-order valence-corrected chi connectivity index (χ1v) is 11.4. The summed E-state index contributed by atoms with van der Waals surface area (Å²) < 4.78 is 2.37. The quantitative estimate of drug-likeness (QED) is 0.247. The largest absolute Gasteiger partial charge is 0.309 e. The van der Waals surface area contributed by atoms with Gasteiger partial charge in [-0.25, -0.2) is 0 Å². The Bertz CT molecular complexity index is 1750. The van der Waals surface area contributed by atoms with Crippen LogP contribution >= 0.6 is 0 Å². The Morgan fingerprint density at radius 3 is 1.67 bits per heavy atom. The van der Waals surface area contributed by atoms with Gasteiger partial charge in [0, 0.05) is 16.5 Å². The third kappa shape index (κ3) is 2.79. The fourth-order valence-corrected chi connectivity index (χ4v) is 5.21. The fraction of sp³-hybridized carbons (Fsp3) is 0. The first-order valence-electron chi connectivity index (χ1n) is 11.4. The van der Waals surface area contributed by atoms with E-state index in [1.54, 1.807) is 0 Å². The van der Waals surface area contributed by atoms with E-state index in [9.17, 15) is 0 Å². The van der Waals surface area contributed by atoms with Gasteiger partial charge in [-0.1, -0.05) is 91.0 Å². The van der Waals surface area contributed by atoms with Crippen LogP contribution in [0.25, 0.3) is 60.2 Å². The van der Waals surface area contributed by atoms with Crippen LogP contribution < -0.4 is 0 Å². The van der Waals surface area contributed by atoms with Gasteiger partial charge in [-0.2, -0.15) is 0 Å². The summed E-state index contributed by atoms with van der Waals surface area (Å²) in [5.41, 5.74) is 6.17. The van der Waals surface area contributed by atoms with Crippen molar-refractivity contribution >= 4 is 43.4 Å². The maximum atomic E-state index is 2.37. The van der Waals surface area contributed by atoms with Crippen molar-refractivity contribution in [2.75, 3.05) is 0 Å². The van der Waals surface area contributed by atoms with Crippen LogP contribution in [-0.4, -0.2) is 4.57 Å². The van der Waals surface area contributed by atoms with Gasteiger partial charge in [0.05, 0.1) is 11.0 Å². The van der Waals surface area contributed by atoms with Crippen molar-refractivity contribution in [2.24, 2.45) is 0 Å². The normalized spacial score (nSPS) is 11.6. The van der Waals surface area contributed by atoms with E-state index >= 15 is 0 Å². The summed E-state index contributed by atoms with van der Waals surface area (Å²) in [4.78, 5) is 0. The second-order valence-corrected chi connectivity index (χ2v) is 8.64. The summed E-state index contributed by atoms with van der Waals surface area (Å²) >= 11 is 0. The summed E-state index contributed by atoms with van der Waals surface area (Å²) in [5, 5.41) is 7.71. The van der Waals surface area contributed by atoms with E-state index in [1.807, 2.05) is 0 Å². The van der Waals surface area contributed by atoms with Crippen LogP contribution in [0.1, 0.15) is 0 Å². The SMILES string of the molecule is c1ccc2cc3c(-c4ccc(-n5c6ccccc6c6ccccc65)cc4)cccc3cc2c1. The van der Waals surface area contributed by atoms with Crippen molar-refractivity contribution < 1.29 is 0 Å². The molecule has 0 radical (unpaired) electrons. The van der Waals surface area contributed by atoms with Crippen molar-refractivity contribution in [1.82, 2.24) is 4.57 Å². The zero-order valence-electron chi connectivity index (χ0n) is 18.1. The Hall–Kier alpha value is -4.36. The van der Waals surface area contributed by atoms with Gasteiger partial charge in [-0.05, 0) is 69.1 Å². The minimum absolute atomic E-state index is 1.18. The maximum Gasteiger partial charge on any atom is 0.0541 e. The molecular weight excluding hydrogens is 398 g/mol. The highest BCUT2D eigenvalue weighted by atomic mass is 15.0. The topological polar surface area (TPSA) is 4.93 Å². The lowest BCUT2D eigenvalue weighted by molar-refractivity contribution is 1.18. The van der Waals surface area contributed by atoms with Crippen molar-refractivity contribution in [3.05, 3.63) is 127 Å². The average Bonchev–Trinajstić information content (AvgIpc) is 3.22. The molecule has 7 rings (SSSR count). The second kappa shape index (κ2) is 7.08. The molecule has 1 heterocycles. The van der Waals surface area contributed by atoms with Crippen molar-refractivity contribution in [2.45, 2.75) is 0 Å². The zero-order chi connectivity index (χ0) is 21.8. The average molecular weight is 420 g/mol. The highest BCUT2D eigenvalue weighted by molar-refractivity contribution is 6.09. The Balaban J connectivity index is 1.41. The first kappa shape index (κ1) is 18.2. The van der Waals surface area contributed by atoms with E-state index in [0.29, 0.717) is 0 Å². The van der Waals surface area contributed by atoms with Gasteiger partial charge in [0.25, 0.3) is 0 Å². The third-order valence-electron chi connectivity index (χ3n) is 6.76. The van der Waals surface area contributed by atoms with E-state index in [1.165, 1.54) is 60.2 Å². The molecule has 1 aromatic heterocycles. The molecule has 1 nitrogen and oxygen atoms in total. The van der Waals surface area contributed by atoms with Crippen molar-refractivity contribution in [1.29, 1.82) is 0 Å². The van der Waals surface area contributed by atoms with Gasteiger partial charge in [0.15, 0.2) is 0 Å². The number of fused-ring (bicyclic) bond motifs is 5. The summed E-state index contributed by atoms with van der Waals surface area (Å²) in [5.74, 6) is 0. The van der Waals surface area contributed by atoms with E-state index < -0.39 is 0 Å². The Labute approximate surface area is 192 Å². The second-order valence-electron chi connectivity index (χ2n) is 8.64. The van der Waals surface area contributed by atoms with Gasteiger partial charge in [-0.15, -0.1) is 0 Å². The molecule has 0 bridgehead atoms. The summed E-state index contributed by atoms with van der Waals surface area (Å²) in [7, 11) is 0. The lowest BCUT2D eigenvalue weighted by Crippen LogP contribution is -1.93. The van der Waals surface area contributed by atoms with E-state index in [0.717, 1.165) is 0 Å². The molecule has 0 N–H and O–H groups in total. The van der Waals surface area contributed by atoms with Crippen LogP contribution in [0, 0.1) is 0 Å². The maximum absolute atomic E-state index is 2.37. The van der Waals surface area contributed by atoms with E-state index in [4.69, 9.17) is 0 Å². The molecule has 7 aromatic rings. The number of rotatable bonds is 2. The third-order valence-corrected chi connectivity index (χ3v) is 6.76. The number of aromatic nitrogens is 1. The molecule has 0 aliphatic rings. The number of hydrogen-bond acceptors (Lipinski definition) is 0. The monoisotopic (exact) mass is 419 g/mol. The van der Waals surface area contributed by atoms with E-state index in [-0.39, 0.29) is 0 Å². The standard InChI is InChI=1S/C32H21N/c1-2-9-24-21-30-25(20-23(24)8-1)10-7-13-27(30)22-16-18-26(19-17-22)33-31-14-5-3-11-28(31)29-12-4-6-15-32(29)33/h1-21H. The number of benzene rings is 6. The Kier molecular flexibility index (Phi) is 3.91. The fourth-order valence-electron chi connectivity index (χ4n) is 5.21. The number of nitrogens with zero attached hydrogens (tertiary/aromatic N) is 1. The molecule has 0 fully saturated rings. The van der Waals surface area contributed by atoms with Crippen LogP contribution in [0.15, 0.2) is 127 Å². The predicted molar refractivity (Wildman–Crippen MR) is 141 cm³/mol. The molecule has 33 heavy (non-hydrogen) atoms. The minimum Gasteiger partial charge on any atom is -0.309 e. The van der Waals surface area contributed by atoms with Crippen LogP contribution in [0.5, 0.6) is 0 Å². The molecule has 0 aliphatic heterocycles. The van der Waals surface area contributed by atoms with Gasteiger partial charge in [0.2, 0.25) is 0 Å². The van der Waals surface area contributed by atoms with E-state index in [2.05, 4.69) is 132 Å². The molecular formula is C32H21N. The smallest absolute Gasteiger partial charge is 0.0541 e. The molecule has 0 amide bonds. The van der Waals surface area contributed by atoms with Gasteiger partial charge >= 0.3 is 0 Å². The molecule has 6 aromatic carbocycles. The lowest BCUT2D eigenvalue weighted by atomic mass is 9.95. The molecule has 0 spiro atoms. The summed E-state index contributed by atoms with van der Waals surface area (Å²) in [6.07, 6.45) is 0.